The van der Waals surface area contributed by atoms with Gasteiger partial charge in [-0.15, -0.1) is 11.3 Å². The van der Waals surface area contributed by atoms with Gasteiger partial charge in [0.05, 0.1) is 26.8 Å². The molecule has 0 fully saturated rings. The Kier molecular flexibility index (Phi) is 5.66. The molecular weight excluding hydrogens is 300 g/mol. The molecule has 2 N–H and O–H groups in total. The molecule has 0 saturated carbocycles. The summed E-state index contributed by atoms with van der Waals surface area (Å²) in [6, 6.07) is 9.22. The highest BCUT2D eigenvalue weighted by Crippen LogP contribution is 2.29. The van der Waals surface area contributed by atoms with Crippen molar-refractivity contribution in [2.45, 2.75) is 19.5 Å². The summed E-state index contributed by atoms with van der Waals surface area (Å²) in [5.41, 5.74) is 0.948. The summed E-state index contributed by atoms with van der Waals surface area (Å²) in [5, 5.41) is 7.73. The summed E-state index contributed by atoms with van der Waals surface area (Å²) in [5.74, 6) is 1.31. The molecule has 118 valence electrons. The van der Waals surface area contributed by atoms with Crippen molar-refractivity contribution in [1.82, 2.24) is 10.6 Å². The first-order valence-corrected chi connectivity index (χ1v) is 7.80. The van der Waals surface area contributed by atoms with Gasteiger partial charge in [0.25, 0.3) is 0 Å². The lowest BCUT2D eigenvalue weighted by Gasteiger charge is -2.17. The van der Waals surface area contributed by atoms with Gasteiger partial charge in [-0.2, -0.15) is 0 Å². The van der Waals surface area contributed by atoms with E-state index in [-0.39, 0.29) is 12.1 Å². The van der Waals surface area contributed by atoms with Crippen LogP contribution in [0.15, 0.2) is 35.7 Å². The third-order valence-electron chi connectivity index (χ3n) is 3.26. The van der Waals surface area contributed by atoms with Crippen molar-refractivity contribution >= 4 is 17.4 Å². The van der Waals surface area contributed by atoms with E-state index in [1.54, 1.807) is 25.6 Å². The second kappa shape index (κ2) is 7.70. The monoisotopic (exact) mass is 320 g/mol. The number of rotatable bonds is 6. The minimum absolute atomic E-state index is 0.136. The molecule has 1 aromatic heterocycles. The zero-order valence-corrected chi connectivity index (χ0v) is 13.7. The third kappa shape index (κ3) is 4.14. The Bertz CT molecular complexity index is 614. The number of carbonyl (C=O) groups excluding carboxylic acids is 1. The number of nitrogens with one attached hydrogen (secondary N) is 2. The van der Waals surface area contributed by atoms with Gasteiger partial charge in [-0.25, -0.2) is 4.79 Å². The Hall–Kier alpha value is -2.21. The molecule has 2 amide bonds. The second-order valence-electron chi connectivity index (χ2n) is 4.74. The van der Waals surface area contributed by atoms with E-state index >= 15 is 0 Å². The Balaban J connectivity index is 1.93. The van der Waals surface area contributed by atoms with Crippen molar-refractivity contribution in [3.63, 3.8) is 0 Å². The minimum atomic E-state index is -0.198. The number of amides is 2. The zero-order valence-electron chi connectivity index (χ0n) is 12.9. The highest BCUT2D eigenvalue weighted by molar-refractivity contribution is 7.09. The largest absolute Gasteiger partial charge is 0.493 e. The van der Waals surface area contributed by atoms with E-state index in [0.717, 1.165) is 10.4 Å². The molecule has 0 radical (unpaired) electrons. The molecular formula is C16H20N2O3S. The molecule has 1 heterocycles. The van der Waals surface area contributed by atoms with Crippen molar-refractivity contribution in [2.75, 3.05) is 14.2 Å². The number of thiophene rings is 1. The van der Waals surface area contributed by atoms with E-state index in [4.69, 9.17) is 9.47 Å². The first kappa shape index (κ1) is 16.2. The third-order valence-corrected chi connectivity index (χ3v) is 4.13. The summed E-state index contributed by atoms with van der Waals surface area (Å²) in [6.45, 7) is 2.45. The number of urea groups is 1. The van der Waals surface area contributed by atoms with Crippen LogP contribution in [0.4, 0.5) is 4.79 Å². The Labute approximate surface area is 134 Å². The second-order valence-corrected chi connectivity index (χ2v) is 5.77. The molecule has 0 spiro atoms. The molecule has 5 nitrogen and oxygen atoms in total. The number of hydrogen-bond acceptors (Lipinski definition) is 4. The van der Waals surface area contributed by atoms with Crippen LogP contribution in [0.5, 0.6) is 11.5 Å². The van der Waals surface area contributed by atoms with Gasteiger partial charge in [-0.3, -0.25) is 0 Å². The lowest BCUT2D eigenvalue weighted by molar-refractivity contribution is 0.237. The van der Waals surface area contributed by atoms with Crippen LogP contribution in [-0.2, 0) is 6.54 Å². The number of carbonyl (C=O) groups is 1. The average molecular weight is 320 g/mol. The standard InChI is InChI=1S/C16H20N2O3S/c1-11(12-6-7-14(20-2)15(9-12)21-3)18-16(19)17-10-13-5-4-8-22-13/h4-9,11H,10H2,1-3H3,(H2,17,18,19). The van der Waals surface area contributed by atoms with E-state index in [2.05, 4.69) is 10.6 Å². The summed E-state index contributed by atoms with van der Waals surface area (Å²) in [4.78, 5) is 13.0. The fourth-order valence-electron chi connectivity index (χ4n) is 2.03. The highest BCUT2D eigenvalue weighted by Gasteiger charge is 2.12. The van der Waals surface area contributed by atoms with Crippen molar-refractivity contribution in [3.05, 3.63) is 46.2 Å². The van der Waals surface area contributed by atoms with Crippen LogP contribution in [-0.4, -0.2) is 20.3 Å². The maximum atomic E-state index is 11.9. The van der Waals surface area contributed by atoms with E-state index in [0.29, 0.717) is 18.0 Å². The molecule has 2 aromatic rings. The van der Waals surface area contributed by atoms with Crippen LogP contribution < -0.4 is 20.1 Å². The normalized spacial score (nSPS) is 11.6. The molecule has 0 aliphatic rings. The highest BCUT2D eigenvalue weighted by atomic mass is 32.1. The van der Waals surface area contributed by atoms with E-state index in [1.165, 1.54) is 0 Å². The molecule has 1 unspecified atom stereocenters. The SMILES string of the molecule is COc1ccc(C(C)NC(=O)NCc2cccs2)cc1OC. The maximum absolute atomic E-state index is 11.9. The number of ether oxygens (including phenoxy) is 2. The van der Waals surface area contributed by atoms with Crippen LogP contribution >= 0.6 is 11.3 Å². The first-order chi connectivity index (χ1) is 10.6. The van der Waals surface area contributed by atoms with Gasteiger partial charge in [-0.1, -0.05) is 12.1 Å². The van der Waals surface area contributed by atoms with Crippen molar-refractivity contribution in [3.8, 4) is 11.5 Å². The number of methoxy groups -OCH3 is 2. The van der Waals surface area contributed by atoms with Gasteiger partial charge in [-0.05, 0) is 36.1 Å². The summed E-state index contributed by atoms with van der Waals surface area (Å²) >= 11 is 1.62. The van der Waals surface area contributed by atoms with Gasteiger partial charge in [0, 0.05) is 4.88 Å². The molecule has 0 bridgehead atoms. The predicted molar refractivity (Wildman–Crippen MR) is 87.7 cm³/mol. The molecule has 0 saturated heterocycles. The lowest BCUT2D eigenvalue weighted by atomic mass is 10.1. The molecule has 22 heavy (non-hydrogen) atoms. The fourth-order valence-corrected chi connectivity index (χ4v) is 2.68. The molecule has 1 atom stereocenters. The summed E-state index contributed by atoms with van der Waals surface area (Å²) in [6.07, 6.45) is 0. The Morgan fingerprint density at radius 2 is 2.00 bits per heavy atom. The summed E-state index contributed by atoms with van der Waals surface area (Å²) < 4.78 is 10.5. The van der Waals surface area contributed by atoms with Gasteiger partial charge in [0.15, 0.2) is 11.5 Å². The summed E-state index contributed by atoms with van der Waals surface area (Å²) in [7, 11) is 3.19. The van der Waals surface area contributed by atoms with Gasteiger partial charge in [0.2, 0.25) is 0 Å². The fraction of sp³-hybridized carbons (Fsp3) is 0.312. The van der Waals surface area contributed by atoms with E-state index in [1.807, 2.05) is 42.6 Å². The van der Waals surface area contributed by atoms with Gasteiger partial charge in [0.1, 0.15) is 0 Å². The van der Waals surface area contributed by atoms with Gasteiger partial charge < -0.3 is 20.1 Å². The van der Waals surface area contributed by atoms with Gasteiger partial charge >= 0.3 is 6.03 Å². The van der Waals surface area contributed by atoms with E-state index < -0.39 is 0 Å². The molecule has 1 aromatic carbocycles. The number of hydrogen-bond donors (Lipinski definition) is 2. The van der Waals surface area contributed by atoms with Crippen molar-refractivity contribution in [1.29, 1.82) is 0 Å². The minimum Gasteiger partial charge on any atom is -0.493 e. The quantitative estimate of drug-likeness (QED) is 0.858. The van der Waals surface area contributed by atoms with Crippen LogP contribution in [0.2, 0.25) is 0 Å². The smallest absolute Gasteiger partial charge is 0.315 e. The maximum Gasteiger partial charge on any atom is 0.315 e. The molecule has 6 heteroatoms. The Morgan fingerprint density at radius 3 is 2.64 bits per heavy atom. The topological polar surface area (TPSA) is 59.6 Å². The average Bonchev–Trinajstić information content (AvgIpc) is 3.05. The Morgan fingerprint density at radius 1 is 1.23 bits per heavy atom. The van der Waals surface area contributed by atoms with E-state index in [9.17, 15) is 4.79 Å². The predicted octanol–water partition coefficient (Wildman–Crippen LogP) is 3.33. The van der Waals surface area contributed by atoms with Crippen LogP contribution in [0, 0.1) is 0 Å². The molecule has 0 aliphatic heterocycles. The first-order valence-electron chi connectivity index (χ1n) is 6.92. The van der Waals surface area contributed by atoms with Crippen LogP contribution in [0.1, 0.15) is 23.4 Å². The molecule has 2 rings (SSSR count). The van der Waals surface area contributed by atoms with Crippen LogP contribution in [0.3, 0.4) is 0 Å². The number of benzene rings is 1. The zero-order chi connectivity index (χ0) is 15.9. The van der Waals surface area contributed by atoms with Crippen LogP contribution in [0.25, 0.3) is 0 Å². The molecule has 0 aliphatic carbocycles. The van der Waals surface area contributed by atoms with Crippen molar-refractivity contribution in [2.24, 2.45) is 0 Å². The van der Waals surface area contributed by atoms with Crippen molar-refractivity contribution < 1.29 is 14.3 Å². The lowest BCUT2D eigenvalue weighted by Crippen LogP contribution is -2.36.